The van der Waals surface area contributed by atoms with Gasteiger partial charge in [-0.2, -0.15) is 0 Å². The van der Waals surface area contributed by atoms with Gasteiger partial charge in [-0.1, -0.05) is 82.6 Å². The Balaban J connectivity index is 1.45. The molecule has 4 aliphatic rings. The average molecular weight is 569 g/mol. The molecule has 4 saturated carbocycles. The average Bonchev–Trinajstić information content (AvgIpc) is 3.68. The van der Waals surface area contributed by atoms with E-state index in [1.807, 2.05) is 0 Å². The summed E-state index contributed by atoms with van der Waals surface area (Å²) < 4.78 is 12.1. The van der Waals surface area contributed by atoms with E-state index in [-0.39, 0.29) is 17.5 Å². The molecule has 5 nitrogen and oxygen atoms in total. The zero-order valence-electron chi connectivity index (χ0n) is 26.2. The molecule has 2 N–H and O–H groups in total. The van der Waals surface area contributed by atoms with E-state index in [4.69, 9.17) is 9.47 Å². The van der Waals surface area contributed by atoms with E-state index in [9.17, 15) is 15.0 Å². The molecule has 0 spiro atoms. The Morgan fingerprint density at radius 3 is 2.37 bits per heavy atom. The number of allylic oxidation sites excluding steroid dienone is 4. The third kappa shape index (κ3) is 7.28. The van der Waals surface area contributed by atoms with Crippen LogP contribution in [-0.4, -0.2) is 47.7 Å². The predicted molar refractivity (Wildman–Crippen MR) is 165 cm³/mol. The van der Waals surface area contributed by atoms with Crippen LogP contribution in [0.5, 0.6) is 0 Å². The van der Waals surface area contributed by atoms with Crippen molar-refractivity contribution in [2.75, 3.05) is 13.2 Å². The number of unbranched alkanes of at least 4 members (excludes halogenated alkanes) is 2. The molecule has 0 amide bonds. The maximum Gasteiger partial charge on any atom is 0.315 e. The number of aliphatic hydroxyl groups excluding tert-OH is 2. The van der Waals surface area contributed by atoms with E-state index in [1.165, 1.54) is 31.3 Å². The van der Waals surface area contributed by atoms with Gasteiger partial charge in [0.2, 0.25) is 0 Å². The van der Waals surface area contributed by atoms with E-state index >= 15 is 0 Å². The summed E-state index contributed by atoms with van der Waals surface area (Å²) in [7, 11) is 0. The number of ether oxygens (including phenoxy) is 2. The smallest absolute Gasteiger partial charge is 0.315 e. The van der Waals surface area contributed by atoms with E-state index in [0.29, 0.717) is 49.4 Å². The van der Waals surface area contributed by atoms with Crippen molar-refractivity contribution < 1.29 is 24.5 Å². The Morgan fingerprint density at radius 1 is 1.02 bits per heavy atom. The standard InChI is InChI=1S/C36H56O5/c1-6-8-21-40-33(36(19-20-36)34(39)41-22-9-7-2)17-12-25(3)29-15-16-30-28(11-10-18-35(29,30)5)14-13-27-23-31(37)26(4)32(38)24-27/h12-14,17,25,29-33,37-38H,4,6-11,15-16,18-24H2,1-3,5H3/t25-,29-,30+,31-,32-,33-,35-/m1/s1. The lowest BCUT2D eigenvalue weighted by atomic mass is 9.61. The van der Waals surface area contributed by atoms with Crippen LogP contribution in [0.3, 0.4) is 0 Å². The largest absolute Gasteiger partial charge is 0.465 e. The van der Waals surface area contributed by atoms with Gasteiger partial charge in [-0.05, 0) is 99.4 Å². The highest BCUT2D eigenvalue weighted by molar-refractivity contribution is 5.81. The van der Waals surface area contributed by atoms with Crippen LogP contribution < -0.4 is 0 Å². The molecule has 230 valence electrons. The lowest BCUT2D eigenvalue weighted by Crippen LogP contribution is -2.36. The van der Waals surface area contributed by atoms with Gasteiger partial charge in [0.15, 0.2) is 0 Å². The number of hydrogen-bond acceptors (Lipinski definition) is 5. The van der Waals surface area contributed by atoms with Crippen LogP contribution >= 0.6 is 0 Å². The second-order valence-electron chi connectivity index (χ2n) is 13.7. The summed E-state index contributed by atoms with van der Waals surface area (Å²) in [6, 6.07) is 0. The van der Waals surface area contributed by atoms with Crippen molar-refractivity contribution in [2.45, 2.75) is 129 Å². The van der Waals surface area contributed by atoms with Crippen LogP contribution in [0.15, 0.2) is 47.6 Å². The minimum Gasteiger partial charge on any atom is -0.465 e. The van der Waals surface area contributed by atoms with Gasteiger partial charge in [0.05, 0.1) is 30.3 Å². The lowest BCUT2D eigenvalue weighted by molar-refractivity contribution is -0.155. The summed E-state index contributed by atoms with van der Waals surface area (Å²) in [5.74, 6) is 1.49. The number of carbonyl (C=O) groups is 1. The van der Waals surface area contributed by atoms with Crippen LogP contribution in [0.2, 0.25) is 0 Å². The first-order valence-electron chi connectivity index (χ1n) is 16.6. The molecule has 0 saturated heterocycles. The molecule has 4 rings (SSSR count). The highest BCUT2D eigenvalue weighted by Crippen LogP contribution is 2.60. The first kappa shape index (κ1) is 32.2. The maximum atomic E-state index is 13.1. The number of carbonyl (C=O) groups excluding carboxylic acids is 1. The zero-order chi connectivity index (χ0) is 29.6. The van der Waals surface area contributed by atoms with Gasteiger partial charge in [0.1, 0.15) is 0 Å². The van der Waals surface area contributed by atoms with Crippen LogP contribution in [0.1, 0.15) is 111 Å². The summed E-state index contributed by atoms with van der Waals surface area (Å²) in [5.41, 5.74) is 2.94. The van der Waals surface area contributed by atoms with Crippen LogP contribution in [0.25, 0.3) is 0 Å². The van der Waals surface area contributed by atoms with Crippen molar-refractivity contribution >= 4 is 5.97 Å². The number of fused-ring (bicyclic) bond motifs is 1. The van der Waals surface area contributed by atoms with Crippen molar-refractivity contribution in [2.24, 2.45) is 28.6 Å². The van der Waals surface area contributed by atoms with E-state index in [0.717, 1.165) is 50.5 Å². The van der Waals surface area contributed by atoms with Gasteiger partial charge in [-0.25, -0.2) is 0 Å². The van der Waals surface area contributed by atoms with Crippen molar-refractivity contribution in [3.8, 4) is 0 Å². The maximum absolute atomic E-state index is 13.1. The molecule has 0 aromatic rings. The second kappa shape index (κ2) is 14.2. The van der Waals surface area contributed by atoms with Crippen LogP contribution in [0.4, 0.5) is 0 Å². The molecule has 5 heteroatoms. The van der Waals surface area contributed by atoms with Gasteiger partial charge in [-0.3, -0.25) is 4.79 Å². The molecule has 0 aromatic heterocycles. The molecule has 4 aliphatic carbocycles. The van der Waals surface area contributed by atoms with Crippen molar-refractivity contribution in [3.05, 3.63) is 47.6 Å². The second-order valence-corrected chi connectivity index (χ2v) is 13.7. The molecule has 4 fully saturated rings. The number of esters is 1. The Kier molecular flexibility index (Phi) is 11.2. The van der Waals surface area contributed by atoms with E-state index in [1.54, 1.807) is 0 Å². The zero-order valence-corrected chi connectivity index (χ0v) is 26.2. The van der Waals surface area contributed by atoms with E-state index < -0.39 is 17.6 Å². The molecule has 0 unspecified atom stereocenters. The molecule has 0 heterocycles. The van der Waals surface area contributed by atoms with Crippen molar-refractivity contribution in [3.63, 3.8) is 0 Å². The molecule has 0 radical (unpaired) electrons. The van der Waals surface area contributed by atoms with Gasteiger partial charge in [0.25, 0.3) is 0 Å². The fraction of sp³-hybridized carbons (Fsp3) is 0.750. The van der Waals surface area contributed by atoms with Gasteiger partial charge < -0.3 is 19.7 Å². The number of aliphatic hydroxyl groups is 2. The van der Waals surface area contributed by atoms with Crippen LogP contribution in [0, 0.1) is 28.6 Å². The minimum atomic E-state index is -0.647. The molecule has 0 aliphatic heterocycles. The highest BCUT2D eigenvalue weighted by Gasteiger charge is 2.57. The van der Waals surface area contributed by atoms with Gasteiger partial charge in [-0.15, -0.1) is 0 Å². The molecular weight excluding hydrogens is 512 g/mol. The Bertz CT molecular complexity index is 987. The molecule has 0 bridgehead atoms. The number of hydrogen-bond donors (Lipinski definition) is 2. The number of rotatable bonds is 13. The fourth-order valence-electron chi connectivity index (χ4n) is 7.93. The van der Waals surface area contributed by atoms with Crippen LogP contribution in [-0.2, 0) is 14.3 Å². The topological polar surface area (TPSA) is 76.0 Å². The lowest BCUT2D eigenvalue weighted by Gasteiger charge is -2.44. The SMILES string of the molecule is C=C1[C@H](O)CC(=CC=C2CCC[C@]3(C)[C@@H]([C@H](C)C=C[C@@H](OCCCC)C4(C(=O)OCCCC)CC4)CC[C@@H]23)C[C@H]1O. The van der Waals surface area contributed by atoms with Gasteiger partial charge in [0, 0.05) is 6.61 Å². The first-order chi connectivity index (χ1) is 19.7. The predicted octanol–water partition coefficient (Wildman–Crippen LogP) is 7.63. The van der Waals surface area contributed by atoms with E-state index in [2.05, 4.69) is 58.6 Å². The normalized spacial score (nSPS) is 33.6. The summed E-state index contributed by atoms with van der Waals surface area (Å²) >= 11 is 0. The van der Waals surface area contributed by atoms with Crippen molar-refractivity contribution in [1.82, 2.24) is 0 Å². The Morgan fingerprint density at radius 2 is 1.71 bits per heavy atom. The third-order valence-electron chi connectivity index (χ3n) is 10.8. The quantitative estimate of drug-likeness (QED) is 0.136. The van der Waals surface area contributed by atoms with Crippen molar-refractivity contribution in [1.29, 1.82) is 0 Å². The monoisotopic (exact) mass is 568 g/mol. The molecular formula is C36H56O5. The summed E-state index contributed by atoms with van der Waals surface area (Å²) in [5, 5.41) is 20.5. The third-order valence-corrected chi connectivity index (χ3v) is 10.8. The summed E-state index contributed by atoms with van der Waals surface area (Å²) in [6.07, 6.45) is 20.4. The van der Waals surface area contributed by atoms with Gasteiger partial charge >= 0.3 is 5.97 Å². The summed E-state index contributed by atoms with van der Waals surface area (Å²) in [4.78, 5) is 13.1. The fourth-order valence-corrected chi connectivity index (χ4v) is 7.93. The molecule has 41 heavy (non-hydrogen) atoms. The summed E-state index contributed by atoms with van der Waals surface area (Å²) in [6.45, 7) is 14.2. The highest BCUT2D eigenvalue weighted by atomic mass is 16.5. The molecule has 0 aromatic carbocycles. The molecule has 7 atom stereocenters. The Hall–Kier alpha value is -1.69. The Labute approximate surface area is 249 Å². The minimum absolute atomic E-state index is 0.0730. The first-order valence-corrected chi connectivity index (χ1v) is 16.6.